The number of hydrogen-bond donors (Lipinski definition) is 1. The Morgan fingerprint density at radius 2 is 2.18 bits per heavy atom. The molecule has 0 saturated heterocycles. The van der Waals surface area contributed by atoms with Crippen molar-refractivity contribution in [1.29, 1.82) is 0 Å². The Morgan fingerprint density at radius 3 is 2.86 bits per heavy atom. The van der Waals surface area contributed by atoms with E-state index in [-0.39, 0.29) is 23.3 Å². The summed E-state index contributed by atoms with van der Waals surface area (Å²) in [6, 6.07) is 1.91. The molecule has 0 aliphatic rings. The molecule has 3 rings (SSSR count). The molecule has 0 unspecified atom stereocenters. The van der Waals surface area contributed by atoms with Gasteiger partial charge in [-0.25, -0.2) is 9.67 Å². The SMILES string of the molecule is C=CCn1c(SCC(=O)Nc2ccnn2C(C)C)nc2sc(C)c(C)c2c1=O. The fourth-order valence-electron chi connectivity index (χ4n) is 2.84. The van der Waals surface area contributed by atoms with Gasteiger partial charge in [0.25, 0.3) is 5.56 Å². The van der Waals surface area contributed by atoms with E-state index >= 15 is 0 Å². The van der Waals surface area contributed by atoms with Crippen molar-refractivity contribution in [3.8, 4) is 0 Å². The van der Waals surface area contributed by atoms with Gasteiger partial charge in [-0.1, -0.05) is 17.8 Å². The largest absolute Gasteiger partial charge is 0.310 e. The second kappa shape index (κ2) is 8.32. The zero-order valence-electron chi connectivity index (χ0n) is 16.4. The lowest BCUT2D eigenvalue weighted by molar-refractivity contribution is -0.113. The molecular formula is C19H23N5O2S2. The second-order valence-corrected chi connectivity index (χ2v) is 8.80. The molecule has 1 amide bonds. The van der Waals surface area contributed by atoms with E-state index in [0.29, 0.717) is 27.7 Å². The van der Waals surface area contributed by atoms with Crippen LogP contribution in [0.4, 0.5) is 5.82 Å². The number of aryl methyl sites for hydroxylation is 2. The van der Waals surface area contributed by atoms with E-state index in [1.807, 2.05) is 27.7 Å². The van der Waals surface area contributed by atoms with Crippen molar-refractivity contribution in [3.05, 3.63) is 45.7 Å². The molecule has 0 atom stereocenters. The fraction of sp³-hybridized carbons (Fsp3) is 0.368. The first kappa shape index (κ1) is 20.3. The number of carbonyl (C=O) groups excluding carboxylic acids is 1. The van der Waals surface area contributed by atoms with Gasteiger partial charge in [0.2, 0.25) is 5.91 Å². The minimum absolute atomic E-state index is 0.0902. The van der Waals surface area contributed by atoms with Crippen molar-refractivity contribution >= 4 is 45.0 Å². The second-order valence-electron chi connectivity index (χ2n) is 6.65. The molecule has 7 nitrogen and oxygen atoms in total. The van der Waals surface area contributed by atoms with E-state index in [4.69, 9.17) is 0 Å². The highest BCUT2D eigenvalue weighted by Crippen LogP contribution is 2.28. The molecule has 1 N–H and O–H groups in total. The van der Waals surface area contributed by atoms with Crippen molar-refractivity contribution in [1.82, 2.24) is 19.3 Å². The maximum Gasteiger partial charge on any atom is 0.263 e. The molecule has 9 heteroatoms. The Bertz CT molecular complexity index is 1090. The van der Waals surface area contributed by atoms with Gasteiger partial charge in [0, 0.05) is 23.5 Å². The Kier molecular flexibility index (Phi) is 6.04. The van der Waals surface area contributed by atoms with Gasteiger partial charge in [0.05, 0.1) is 17.3 Å². The molecule has 0 bridgehead atoms. The number of allylic oxidation sites excluding steroid dienone is 1. The van der Waals surface area contributed by atoms with E-state index in [2.05, 4.69) is 22.0 Å². The van der Waals surface area contributed by atoms with Crippen LogP contribution in [-0.2, 0) is 11.3 Å². The summed E-state index contributed by atoms with van der Waals surface area (Å²) < 4.78 is 3.32. The van der Waals surface area contributed by atoms with E-state index in [0.717, 1.165) is 10.4 Å². The number of anilines is 1. The summed E-state index contributed by atoms with van der Waals surface area (Å²) in [5, 5.41) is 8.25. The third-order valence-electron chi connectivity index (χ3n) is 4.32. The highest BCUT2D eigenvalue weighted by Gasteiger charge is 2.17. The molecule has 0 spiro atoms. The van der Waals surface area contributed by atoms with E-state index in [9.17, 15) is 9.59 Å². The predicted molar refractivity (Wildman–Crippen MR) is 116 cm³/mol. The van der Waals surface area contributed by atoms with Crippen molar-refractivity contribution in [2.75, 3.05) is 11.1 Å². The van der Waals surface area contributed by atoms with Crippen LogP contribution in [0.15, 0.2) is 34.9 Å². The molecule has 3 aromatic heterocycles. The van der Waals surface area contributed by atoms with Crippen LogP contribution < -0.4 is 10.9 Å². The normalized spacial score (nSPS) is 11.3. The number of thioether (sulfide) groups is 1. The highest BCUT2D eigenvalue weighted by atomic mass is 32.2. The van der Waals surface area contributed by atoms with Crippen LogP contribution in [0.2, 0.25) is 0 Å². The standard InChI is InChI=1S/C19H23N5O2S2/c1-6-9-23-18(26)16-12(4)13(5)28-17(16)22-19(23)27-10-15(25)21-14-7-8-20-24(14)11(2)3/h6-8,11H,1,9-10H2,2-5H3,(H,21,25). The molecule has 0 aliphatic carbocycles. The Balaban J connectivity index is 1.84. The topological polar surface area (TPSA) is 81.8 Å². The summed E-state index contributed by atoms with van der Waals surface area (Å²) in [5.41, 5.74) is 0.874. The van der Waals surface area contributed by atoms with Crippen LogP contribution in [0.25, 0.3) is 10.2 Å². The summed E-state index contributed by atoms with van der Waals surface area (Å²) >= 11 is 2.75. The van der Waals surface area contributed by atoms with Gasteiger partial charge in [0.15, 0.2) is 5.16 Å². The van der Waals surface area contributed by atoms with E-state index in [1.165, 1.54) is 23.1 Å². The van der Waals surface area contributed by atoms with Crippen LogP contribution in [0, 0.1) is 13.8 Å². The molecule has 0 aromatic carbocycles. The number of fused-ring (bicyclic) bond motifs is 1. The molecule has 0 fully saturated rings. The number of amides is 1. The van der Waals surface area contributed by atoms with Gasteiger partial charge >= 0.3 is 0 Å². The molecule has 28 heavy (non-hydrogen) atoms. The van der Waals surface area contributed by atoms with Crippen molar-refractivity contribution in [3.63, 3.8) is 0 Å². The average molecular weight is 418 g/mol. The van der Waals surface area contributed by atoms with E-state index in [1.54, 1.807) is 27.6 Å². The third kappa shape index (κ3) is 3.90. The molecule has 148 valence electrons. The van der Waals surface area contributed by atoms with Gasteiger partial charge < -0.3 is 5.32 Å². The first-order valence-corrected chi connectivity index (χ1v) is 10.7. The summed E-state index contributed by atoms with van der Waals surface area (Å²) in [4.78, 5) is 31.8. The lowest BCUT2D eigenvalue weighted by Crippen LogP contribution is -2.24. The van der Waals surface area contributed by atoms with Gasteiger partial charge in [0.1, 0.15) is 10.6 Å². The number of rotatable bonds is 7. The van der Waals surface area contributed by atoms with Crippen molar-refractivity contribution < 1.29 is 4.79 Å². The minimum atomic E-state index is -0.176. The molecule has 0 saturated carbocycles. The number of hydrogen-bond acceptors (Lipinski definition) is 6. The Labute approximate surface area is 171 Å². The summed E-state index contributed by atoms with van der Waals surface area (Å²) in [6.07, 6.45) is 3.32. The van der Waals surface area contributed by atoms with Crippen molar-refractivity contribution in [2.24, 2.45) is 0 Å². The lowest BCUT2D eigenvalue weighted by atomic mass is 10.2. The molecule has 0 aliphatic heterocycles. The van der Waals surface area contributed by atoms with Gasteiger partial charge in [-0.15, -0.1) is 17.9 Å². The highest BCUT2D eigenvalue weighted by molar-refractivity contribution is 7.99. The number of nitrogens with zero attached hydrogens (tertiary/aromatic N) is 4. The quantitative estimate of drug-likeness (QED) is 0.359. The minimum Gasteiger partial charge on any atom is -0.310 e. The summed E-state index contributed by atoms with van der Waals surface area (Å²) in [6.45, 7) is 12.0. The van der Waals surface area contributed by atoms with Crippen LogP contribution in [0.5, 0.6) is 0 Å². The first-order valence-electron chi connectivity index (χ1n) is 8.91. The zero-order valence-corrected chi connectivity index (χ0v) is 18.0. The van der Waals surface area contributed by atoms with Crippen LogP contribution in [0.3, 0.4) is 0 Å². The smallest absolute Gasteiger partial charge is 0.263 e. The van der Waals surface area contributed by atoms with Gasteiger partial charge in [-0.2, -0.15) is 5.10 Å². The number of nitrogens with one attached hydrogen (secondary N) is 1. The molecule has 3 heterocycles. The number of aromatic nitrogens is 4. The number of thiophene rings is 1. The fourth-order valence-corrected chi connectivity index (χ4v) is 4.72. The lowest BCUT2D eigenvalue weighted by Gasteiger charge is -2.12. The molecule has 3 aromatic rings. The van der Waals surface area contributed by atoms with Gasteiger partial charge in [-0.3, -0.25) is 14.2 Å². The Morgan fingerprint density at radius 1 is 1.43 bits per heavy atom. The van der Waals surface area contributed by atoms with E-state index < -0.39 is 0 Å². The first-order chi connectivity index (χ1) is 13.3. The maximum absolute atomic E-state index is 13.0. The Hall–Kier alpha value is -2.39. The zero-order chi connectivity index (χ0) is 20.4. The van der Waals surface area contributed by atoms with Gasteiger partial charge in [-0.05, 0) is 33.3 Å². The summed E-state index contributed by atoms with van der Waals surface area (Å²) in [7, 11) is 0. The average Bonchev–Trinajstić information content (AvgIpc) is 3.21. The van der Waals surface area contributed by atoms with Crippen LogP contribution in [0.1, 0.15) is 30.3 Å². The third-order valence-corrected chi connectivity index (χ3v) is 6.40. The van der Waals surface area contributed by atoms with Crippen molar-refractivity contribution in [2.45, 2.75) is 45.4 Å². The molecular weight excluding hydrogens is 394 g/mol. The molecule has 0 radical (unpaired) electrons. The summed E-state index contributed by atoms with van der Waals surface area (Å²) in [5.74, 6) is 0.615. The number of carbonyl (C=O) groups is 1. The van der Waals surface area contributed by atoms with Crippen LogP contribution in [-0.4, -0.2) is 31.0 Å². The predicted octanol–water partition coefficient (Wildman–Crippen LogP) is 3.77. The monoisotopic (exact) mass is 417 g/mol. The van der Waals surface area contributed by atoms with Crippen LogP contribution >= 0.6 is 23.1 Å². The maximum atomic E-state index is 13.0.